The number of esters is 2. The van der Waals surface area contributed by atoms with E-state index in [-0.39, 0.29) is 30.6 Å². The summed E-state index contributed by atoms with van der Waals surface area (Å²) >= 11 is 0. The predicted molar refractivity (Wildman–Crippen MR) is 125 cm³/mol. The normalized spacial score (nSPS) is 12.8. The van der Waals surface area contributed by atoms with Crippen LogP contribution in [0, 0.1) is 0 Å². The highest BCUT2D eigenvalue weighted by Gasteiger charge is 2.26. The molecule has 0 unspecified atom stereocenters. The lowest BCUT2D eigenvalue weighted by atomic mass is 10.1. The van der Waals surface area contributed by atoms with Gasteiger partial charge in [-0.25, -0.2) is 9.97 Å². The molecule has 2 heterocycles. The van der Waals surface area contributed by atoms with Gasteiger partial charge in [0, 0.05) is 30.3 Å². The Balaban J connectivity index is 2.15. The fourth-order valence-corrected chi connectivity index (χ4v) is 3.17. The van der Waals surface area contributed by atoms with Crippen LogP contribution in [0.2, 0.25) is 0 Å². The van der Waals surface area contributed by atoms with Crippen LogP contribution in [0.4, 0.5) is 0 Å². The van der Waals surface area contributed by atoms with Crippen molar-refractivity contribution in [2.24, 2.45) is 0 Å². The van der Waals surface area contributed by atoms with Gasteiger partial charge in [-0.3, -0.25) is 14.5 Å². The Bertz CT molecular complexity index is 871. The first-order valence-electron chi connectivity index (χ1n) is 11.2. The van der Waals surface area contributed by atoms with Gasteiger partial charge >= 0.3 is 11.9 Å². The highest BCUT2D eigenvalue weighted by atomic mass is 16.6. The molecule has 0 aromatic carbocycles. The van der Waals surface area contributed by atoms with Gasteiger partial charge in [0.1, 0.15) is 35.9 Å². The average Bonchev–Trinajstić information content (AvgIpc) is 3.19. The molecule has 0 aliphatic rings. The summed E-state index contributed by atoms with van der Waals surface area (Å²) in [6.07, 6.45) is 6.93. The molecule has 9 nitrogen and oxygen atoms in total. The quantitative estimate of drug-likeness (QED) is 0.555. The zero-order chi connectivity index (χ0) is 25.0. The Hall–Kier alpha value is -2.68. The number of aromatic nitrogens is 4. The molecule has 0 radical (unpaired) electrons. The van der Waals surface area contributed by atoms with Crippen molar-refractivity contribution >= 4 is 11.9 Å². The number of hydrogen-bond acceptors (Lipinski definition) is 7. The largest absolute Gasteiger partial charge is 0.459 e. The molecule has 2 rings (SSSR count). The number of ether oxygens (including phenoxy) is 2. The van der Waals surface area contributed by atoms with E-state index in [4.69, 9.17) is 9.47 Å². The third-order valence-corrected chi connectivity index (χ3v) is 4.66. The summed E-state index contributed by atoms with van der Waals surface area (Å²) in [6, 6.07) is 0. The summed E-state index contributed by atoms with van der Waals surface area (Å²) in [7, 11) is 0. The molecule has 0 bridgehead atoms. The number of rotatable bonds is 8. The van der Waals surface area contributed by atoms with Crippen LogP contribution in [0.3, 0.4) is 0 Å². The Kier molecular flexibility index (Phi) is 8.11. The van der Waals surface area contributed by atoms with Gasteiger partial charge in [-0.2, -0.15) is 0 Å². The van der Waals surface area contributed by atoms with E-state index in [0.717, 1.165) is 11.6 Å². The molecular weight excluding hydrogens is 422 g/mol. The van der Waals surface area contributed by atoms with Crippen LogP contribution in [0.1, 0.15) is 74.0 Å². The van der Waals surface area contributed by atoms with Gasteiger partial charge in [0.05, 0.1) is 13.1 Å². The zero-order valence-electron chi connectivity index (χ0n) is 21.5. The second kappa shape index (κ2) is 10.1. The maximum atomic E-state index is 12.3. The van der Waals surface area contributed by atoms with E-state index in [1.165, 1.54) is 0 Å². The summed E-state index contributed by atoms with van der Waals surface area (Å²) in [5.41, 5.74) is -1.30. The van der Waals surface area contributed by atoms with Crippen molar-refractivity contribution in [2.75, 3.05) is 0 Å². The van der Waals surface area contributed by atoms with Crippen LogP contribution in [-0.2, 0) is 45.2 Å². The van der Waals surface area contributed by atoms with Crippen LogP contribution >= 0.6 is 0 Å². The van der Waals surface area contributed by atoms with Crippen LogP contribution in [0.5, 0.6) is 0 Å². The summed E-state index contributed by atoms with van der Waals surface area (Å²) in [5, 5.41) is 0. The minimum Gasteiger partial charge on any atom is -0.459 e. The molecular formula is C24H39N5O4. The number of hydrogen-bond donors (Lipinski definition) is 0. The van der Waals surface area contributed by atoms with Crippen LogP contribution in [0.25, 0.3) is 0 Å². The van der Waals surface area contributed by atoms with E-state index < -0.39 is 11.2 Å². The minimum absolute atomic E-state index is 0.0951. The average molecular weight is 462 g/mol. The van der Waals surface area contributed by atoms with Gasteiger partial charge in [0.2, 0.25) is 0 Å². The standard InChI is InChI=1S/C24H39N5O4/c1-22(2,3)29(14-18-25-10-12-27(18)16-20(30)32-23(4,5)6)15-19-26-11-13-28(19)17-21(31)33-24(7,8)9/h10-13H,14-17H2,1-9H3. The van der Waals surface area contributed by atoms with Crippen LogP contribution in [0.15, 0.2) is 24.8 Å². The van der Waals surface area contributed by atoms with Gasteiger partial charge in [-0.05, 0) is 62.3 Å². The molecule has 9 heteroatoms. The van der Waals surface area contributed by atoms with E-state index in [2.05, 4.69) is 35.6 Å². The number of nitrogens with zero attached hydrogens (tertiary/aromatic N) is 5. The van der Waals surface area contributed by atoms with Gasteiger partial charge in [0.15, 0.2) is 0 Å². The van der Waals surface area contributed by atoms with E-state index in [9.17, 15) is 9.59 Å². The van der Waals surface area contributed by atoms with Crippen molar-refractivity contribution in [3.8, 4) is 0 Å². The zero-order valence-corrected chi connectivity index (χ0v) is 21.5. The fourth-order valence-electron chi connectivity index (χ4n) is 3.17. The van der Waals surface area contributed by atoms with Crippen LogP contribution in [-0.4, -0.2) is 52.7 Å². The first-order chi connectivity index (χ1) is 15.0. The number of imidazole rings is 2. The Morgan fingerprint density at radius 1 is 0.758 bits per heavy atom. The Labute approximate surface area is 197 Å². The molecule has 0 aliphatic carbocycles. The van der Waals surface area contributed by atoms with Crippen molar-refractivity contribution in [1.29, 1.82) is 0 Å². The molecule has 2 aromatic rings. The van der Waals surface area contributed by atoms with Crippen molar-refractivity contribution in [2.45, 2.75) is 105 Å². The smallest absolute Gasteiger partial charge is 0.326 e. The lowest BCUT2D eigenvalue weighted by Crippen LogP contribution is -2.41. The number of carbonyl (C=O) groups excluding carboxylic acids is 2. The molecule has 2 aromatic heterocycles. The minimum atomic E-state index is -0.541. The third kappa shape index (κ3) is 9.00. The highest BCUT2D eigenvalue weighted by molar-refractivity contribution is 5.70. The molecule has 0 saturated heterocycles. The first-order valence-corrected chi connectivity index (χ1v) is 11.2. The predicted octanol–water partition coefficient (Wildman–Crippen LogP) is 3.56. The lowest BCUT2D eigenvalue weighted by Gasteiger charge is -2.35. The molecule has 0 N–H and O–H groups in total. The lowest BCUT2D eigenvalue weighted by molar-refractivity contribution is -0.156. The Morgan fingerprint density at radius 3 is 1.42 bits per heavy atom. The first kappa shape index (κ1) is 26.6. The van der Waals surface area contributed by atoms with Gasteiger partial charge in [-0.1, -0.05) is 0 Å². The van der Waals surface area contributed by atoms with Gasteiger partial charge < -0.3 is 18.6 Å². The summed E-state index contributed by atoms with van der Waals surface area (Å²) in [4.78, 5) is 35.8. The topological polar surface area (TPSA) is 91.5 Å². The van der Waals surface area contributed by atoms with E-state index in [1.807, 2.05) is 41.5 Å². The Morgan fingerprint density at radius 2 is 1.12 bits per heavy atom. The fraction of sp³-hybridized carbons (Fsp3) is 0.667. The molecule has 184 valence electrons. The van der Waals surface area contributed by atoms with E-state index >= 15 is 0 Å². The molecule has 0 spiro atoms. The third-order valence-electron chi connectivity index (χ3n) is 4.66. The second-order valence-corrected chi connectivity index (χ2v) is 11.1. The van der Waals surface area contributed by atoms with E-state index in [1.54, 1.807) is 33.9 Å². The molecule has 0 atom stereocenters. The maximum Gasteiger partial charge on any atom is 0.326 e. The van der Waals surface area contributed by atoms with Gasteiger partial charge in [-0.15, -0.1) is 0 Å². The molecule has 33 heavy (non-hydrogen) atoms. The summed E-state index contributed by atoms with van der Waals surface area (Å²) < 4.78 is 14.5. The van der Waals surface area contributed by atoms with Crippen molar-refractivity contribution in [3.05, 3.63) is 36.4 Å². The summed E-state index contributed by atoms with van der Waals surface area (Å²) in [5.74, 6) is 0.885. The maximum absolute atomic E-state index is 12.3. The van der Waals surface area contributed by atoms with Crippen molar-refractivity contribution < 1.29 is 19.1 Å². The highest BCUT2D eigenvalue weighted by Crippen LogP contribution is 2.20. The molecule has 0 saturated carbocycles. The molecule has 0 aliphatic heterocycles. The van der Waals surface area contributed by atoms with Crippen molar-refractivity contribution in [1.82, 2.24) is 24.0 Å². The van der Waals surface area contributed by atoms with Gasteiger partial charge in [0.25, 0.3) is 0 Å². The molecule has 0 amide bonds. The SMILES string of the molecule is CC(C)(C)OC(=O)Cn1ccnc1CN(Cc1nccn1CC(=O)OC(C)(C)C)C(C)(C)C. The second-order valence-electron chi connectivity index (χ2n) is 11.1. The van der Waals surface area contributed by atoms with Crippen molar-refractivity contribution in [3.63, 3.8) is 0 Å². The van der Waals surface area contributed by atoms with E-state index in [0.29, 0.717) is 13.1 Å². The van der Waals surface area contributed by atoms with Crippen LogP contribution < -0.4 is 0 Å². The number of carbonyl (C=O) groups is 2. The summed E-state index contributed by atoms with van der Waals surface area (Å²) in [6.45, 7) is 18.6. The monoisotopic (exact) mass is 461 g/mol. The molecule has 0 fully saturated rings.